The van der Waals surface area contributed by atoms with Gasteiger partial charge in [0.2, 0.25) is 0 Å². The number of para-hydroxylation sites is 1. The van der Waals surface area contributed by atoms with E-state index in [4.69, 9.17) is 0 Å². The lowest BCUT2D eigenvalue weighted by molar-refractivity contribution is 0.102. The van der Waals surface area contributed by atoms with E-state index in [0.29, 0.717) is 22.7 Å². The van der Waals surface area contributed by atoms with Crippen molar-refractivity contribution < 1.29 is 13.6 Å². The van der Waals surface area contributed by atoms with Crippen LogP contribution < -0.4 is 5.32 Å². The molecule has 1 aromatic heterocycles. The summed E-state index contributed by atoms with van der Waals surface area (Å²) in [4.78, 5) is 19.1. The van der Waals surface area contributed by atoms with Crippen molar-refractivity contribution in [3.8, 4) is 0 Å². The Morgan fingerprint density at radius 1 is 1.20 bits per heavy atom. The molecule has 6 heteroatoms. The minimum Gasteiger partial charge on any atom is -0.345 e. The number of H-pyrrole nitrogens is 1. The highest BCUT2D eigenvalue weighted by molar-refractivity contribution is 6.11. The number of amides is 1. The van der Waals surface area contributed by atoms with Gasteiger partial charge in [0.05, 0.1) is 23.1 Å². The van der Waals surface area contributed by atoms with Crippen molar-refractivity contribution in [1.82, 2.24) is 9.97 Å². The van der Waals surface area contributed by atoms with Crippen LogP contribution in [0.15, 0.2) is 42.7 Å². The maximum Gasteiger partial charge on any atom is 0.258 e. The monoisotopic (exact) mass is 273 g/mol. The molecule has 3 aromatic rings. The zero-order chi connectivity index (χ0) is 14.1. The molecule has 0 fully saturated rings. The number of rotatable bonds is 2. The summed E-state index contributed by atoms with van der Waals surface area (Å²) in [6.07, 6.45) is 1.47. The first kappa shape index (κ1) is 12.3. The highest BCUT2D eigenvalue weighted by atomic mass is 19.1. The Labute approximate surface area is 112 Å². The van der Waals surface area contributed by atoms with Crippen LogP contribution in [0.1, 0.15) is 10.4 Å². The van der Waals surface area contributed by atoms with E-state index in [1.54, 1.807) is 18.2 Å². The third-order valence-corrected chi connectivity index (χ3v) is 2.87. The Morgan fingerprint density at radius 2 is 2.05 bits per heavy atom. The average molecular weight is 273 g/mol. The first-order valence-electron chi connectivity index (χ1n) is 5.83. The standard InChI is InChI=1S/C14H9F2N3O/c15-8-4-5-11(10(16)6-8)19-14(20)9-2-1-3-12-13(9)18-7-17-12/h1-7H,(H,17,18)(H,19,20). The highest BCUT2D eigenvalue weighted by Gasteiger charge is 2.14. The summed E-state index contributed by atoms with van der Waals surface area (Å²) in [5.41, 5.74) is 1.43. The van der Waals surface area contributed by atoms with E-state index >= 15 is 0 Å². The number of carbonyl (C=O) groups excluding carboxylic acids is 1. The van der Waals surface area contributed by atoms with Crippen LogP contribution in [0, 0.1) is 11.6 Å². The molecule has 0 unspecified atom stereocenters. The molecule has 0 aliphatic rings. The summed E-state index contributed by atoms with van der Waals surface area (Å²) in [6, 6.07) is 8.01. The predicted molar refractivity (Wildman–Crippen MR) is 70.4 cm³/mol. The molecule has 0 atom stereocenters. The molecule has 0 aliphatic carbocycles. The first-order chi connectivity index (χ1) is 9.65. The molecule has 2 N–H and O–H groups in total. The lowest BCUT2D eigenvalue weighted by Gasteiger charge is -2.06. The van der Waals surface area contributed by atoms with Gasteiger partial charge in [-0.2, -0.15) is 0 Å². The van der Waals surface area contributed by atoms with Crippen molar-refractivity contribution >= 4 is 22.6 Å². The van der Waals surface area contributed by atoms with Crippen LogP contribution in [0.25, 0.3) is 11.0 Å². The molecule has 0 radical (unpaired) electrons. The van der Waals surface area contributed by atoms with Crippen LogP contribution in [-0.2, 0) is 0 Å². The summed E-state index contributed by atoms with van der Waals surface area (Å²) in [5, 5.41) is 2.40. The van der Waals surface area contributed by atoms with Crippen LogP contribution in [0.2, 0.25) is 0 Å². The molecule has 0 spiro atoms. The first-order valence-corrected chi connectivity index (χ1v) is 5.83. The molecular weight excluding hydrogens is 264 g/mol. The number of hydrogen-bond donors (Lipinski definition) is 2. The molecule has 0 saturated heterocycles. The van der Waals surface area contributed by atoms with Crippen LogP contribution >= 0.6 is 0 Å². The van der Waals surface area contributed by atoms with Gasteiger partial charge in [-0.1, -0.05) is 6.07 Å². The average Bonchev–Trinajstić information content (AvgIpc) is 2.90. The predicted octanol–water partition coefficient (Wildman–Crippen LogP) is 3.09. The summed E-state index contributed by atoms with van der Waals surface area (Å²) >= 11 is 0. The lowest BCUT2D eigenvalue weighted by Crippen LogP contribution is -2.13. The lowest BCUT2D eigenvalue weighted by atomic mass is 10.1. The van der Waals surface area contributed by atoms with Crippen LogP contribution in [-0.4, -0.2) is 15.9 Å². The fourth-order valence-corrected chi connectivity index (χ4v) is 1.93. The van der Waals surface area contributed by atoms with Gasteiger partial charge in [0.15, 0.2) is 0 Å². The smallest absolute Gasteiger partial charge is 0.258 e. The minimum atomic E-state index is -0.826. The second kappa shape index (κ2) is 4.73. The topological polar surface area (TPSA) is 57.8 Å². The molecule has 4 nitrogen and oxygen atoms in total. The zero-order valence-corrected chi connectivity index (χ0v) is 10.2. The third-order valence-electron chi connectivity index (χ3n) is 2.87. The van der Waals surface area contributed by atoms with E-state index in [1.165, 1.54) is 12.4 Å². The Hall–Kier alpha value is -2.76. The Morgan fingerprint density at radius 3 is 2.85 bits per heavy atom. The Bertz CT molecular complexity index is 798. The van der Waals surface area contributed by atoms with Crippen molar-refractivity contribution in [3.63, 3.8) is 0 Å². The summed E-state index contributed by atoms with van der Waals surface area (Å²) < 4.78 is 26.3. The van der Waals surface area contributed by atoms with Gasteiger partial charge in [-0.05, 0) is 24.3 Å². The SMILES string of the molecule is O=C(Nc1ccc(F)cc1F)c1cccc2[nH]cnc12. The Balaban J connectivity index is 1.95. The number of aromatic amines is 1. The molecule has 20 heavy (non-hydrogen) atoms. The van der Waals surface area contributed by atoms with E-state index in [2.05, 4.69) is 15.3 Å². The number of halogens is 2. The van der Waals surface area contributed by atoms with E-state index in [9.17, 15) is 13.6 Å². The second-order valence-electron chi connectivity index (χ2n) is 4.18. The van der Waals surface area contributed by atoms with E-state index in [1.807, 2.05) is 0 Å². The van der Waals surface area contributed by atoms with Crippen LogP contribution in [0.5, 0.6) is 0 Å². The summed E-state index contributed by atoms with van der Waals surface area (Å²) in [7, 11) is 0. The normalized spacial score (nSPS) is 10.7. The van der Waals surface area contributed by atoms with E-state index in [-0.39, 0.29) is 5.69 Å². The number of aromatic nitrogens is 2. The van der Waals surface area contributed by atoms with Crippen molar-refractivity contribution in [2.75, 3.05) is 5.32 Å². The molecule has 0 bridgehead atoms. The van der Waals surface area contributed by atoms with Gasteiger partial charge in [0, 0.05) is 6.07 Å². The Kier molecular flexibility index (Phi) is 2.90. The molecule has 1 heterocycles. The molecule has 0 aliphatic heterocycles. The quantitative estimate of drug-likeness (QED) is 0.753. The van der Waals surface area contributed by atoms with Gasteiger partial charge < -0.3 is 10.3 Å². The second-order valence-corrected chi connectivity index (χ2v) is 4.18. The van der Waals surface area contributed by atoms with Crippen LogP contribution in [0.3, 0.4) is 0 Å². The van der Waals surface area contributed by atoms with Crippen LogP contribution in [0.4, 0.5) is 14.5 Å². The highest BCUT2D eigenvalue weighted by Crippen LogP contribution is 2.19. The number of hydrogen-bond acceptors (Lipinski definition) is 2. The molecular formula is C14H9F2N3O. The summed E-state index contributed by atoms with van der Waals surface area (Å²) in [5.74, 6) is -2.03. The molecule has 0 saturated carbocycles. The van der Waals surface area contributed by atoms with E-state index in [0.717, 1.165) is 6.07 Å². The van der Waals surface area contributed by atoms with Gasteiger partial charge in [0.25, 0.3) is 5.91 Å². The molecule has 1 amide bonds. The summed E-state index contributed by atoms with van der Waals surface area (Å²) in [6.45, 7) is 0. The van der Waals surface area contributed by atoms with Crippen molar-refractivity contribution in [1.29, 1.82) is 0 Å². The van der Waals surface area contributed by atoms with E-state index < -0.39 is 17.5 Å². The fraction of sp³-hybridized carbons (Fsp3) is 0. The largest absolute Gasteiger partial charge is 0.345 e. The van der Waals surface area contributed by atoms with Gasteiger partial charge >= 0.3 is 0 Å². The van der Waals surface area contributed by atoms with Crippen molar-refractivity contribution in [2.24, 2.45) is 0 Å². The number of nitrogens with one attached hydrogen (secondary N) is 2. The minimum absolute atomic E-state index is 0.0797. The fourth-order valence-electron chi connectivity index (χ4n) is 1.93. The number of benzene rings is 2. The van der Waals surface area contributed by atoms with Crippen molar-refractivity contribution in [3.05, 3.63) is 59.9 Å². The van der Waals surface area contributed by atoms with Gasteiger partial charge in [0.1, 0.15) is 17.2 Å². The maximum absolute atomic E-state index is 13.5. The zero-order valence-electron chi connectivity index (χ0n) is 10.2. The molecule has 3 rings (SSSR count). The third kappa shape index (κ3) is 2.11. The maximum atomic E-state index is 13.5. The van der Waals surface area contributed by atoms with Gasteiger partial charge in [-0.15, -0.1) is 0 Å². The number of imidazole rings is 1. The number of nitrogens with zero attached hydrogens (tertiary/aromatic N) is 1. The number of anilines is 1. The number of fused-ring (bicyclic) bond motifs is 1. The van der Waals surface area contributed by atoms with Crippen molar-refractivity contribution in [2.45, 2.75) is 0 Å². The van der Waals surface area contributed by atoms with Gasteiger partial charge in [-0.25, -0.2) is 13.8 Å². The number of carbonyl (C=O) groups is 1. The molecule has 100 valence electrons. The molecule has 2 aromatic carbocycles. The van der Waals surface area contributed by atoms with Gasteiger partial charge in [-0.3, -0.25) is 4.79 Å².